The molecule has 0 bridgehead atoms. The zero-order valence-corrected chi connectivity index (χ0v) is 9.54. The molecule has 76 valence electrons. The molecular formula is C13H13OP. The first-order chi connectivity index (χ1) is 7.38. The van der Waals surface area contributed by atoms with Gasteiger partial charge in [0, 0.05) is 0 Å². The molecule has 0 N–H and O–H groups in total. The molecule has 0 aliphatic carbocycles. The smallest absolute Gasteiger partial charge is 0.127 e. The van der Waals surface area contributed by atoms with Crippen LogP contribution in [0.15, 0.2) is 54.6 Å². The van der Waals surface area contributed by atoms with Crippen LogP contribution in [0.3, 0.4) is 0 Å². The highest BCUT2D eigenvalue weighted by Crippen LogP contribution is 2.22. The highest BCUT2D eigenvalue weighted by molar-refractivity contribution is 7.15. The van der Waals surface area contributed by atoms with Gasteiger partial charge < -0.3 is 4.74 Å². The quantitative estimate of drug-likeness (QED) is 0.708. The molecule has 0 heterocycles. The third-order valence-corrected chi connectivity index (χ3v) is 2.58. The van der Waals surface area contributed by atoms with Crippen molar-refractivity contribution in [3.8, 4) is 11.5 Å². The summed E-state index contributed by atoms with van der Waals surface area (Å²) in [6.45, 7) is 0. The Labute approximate surface area is 92.3 Å². The summed E-state index contributed by atoms with van der Waals surface area (Å²) >= 11 is 0. The molecule has 2 rings (SSSR count). The number of ether oxygens (including phenoxy) is 1. The van der Waals surface area contributed by atoms with Crippen molar-refractivity contribution in [1.29, 1.82) is 0 Å². The Morgan fingerprint density at radius 2 is 1.60 bits per heavy atom. The van der Waals surface area contributed by atoms with Crippen molar-refractivity contribution < 1.29 is 4.74 Å². The molecule has 1 atom stereocenters. The largest absolute Gasteiger partial charge is 0.457 e. The molecule has 0 saturated heterocycles. The summed E-state index contributed by atoms with van der Waals surface area (Å²) in [7, 11) is 2.71. The highest BCUT2D eigenvalue weighted by Gasteiger charge is 1.96. The van der Waals surface area contributed by atoms with E-state index in [4.69, 9.17) is 4.74 Å². The summed E-state index contributed by atoms with van der Waals surface area (Å²) in [4.78, 5) is 0. The number of hydrogen-bond donors (Lipinski definition) is 0. The summed E-state index contributed by atoms with van der Waals surface area (Å²) in [5, 5.41) is 0. The van der Waals surface area contributed by atoms with E-state index < -0.39 is 0 Å². The van der Waals surface area contributed by atoms with Crippen LogP contribution in [0.25, 0.3) is 0 Å². The zero-order valence-electron chi connectivity index (χ0n) is 8.39. The minimum atomic E-state index is 0.874. The number of para-hydroxylation sites is 1. The standard InChI is InChI=1S/C13H13OP/c15-10-11-5-4-8-13(9-11)14-12-6-2-1-3-7-12/h1-9H,10,15H2. The lowest BCUT2D eigenvalue weighted by Gasteiger charge is -2.06. The summed E-state index contributed by atoms with van der Waals surface area (Å²) < 4.78 is 5.71. The molecule has 2 aromatic carbocycles. The van der Waals surface area contributed by atoms with Gasteiger partial charge in [-0.15, -0.1) is 9.24 Å². The monoisotopic (exact) mass is 216 g/mol. The van der Waals surface area contributed by atoms with Gasteiger partial charge in [-0.25, -0.2) is 0 Å². The lowest BCUT2D eigenvalue weighted by atomic mass is 10.2. The maximum Gasteiger partial charge on any atom is 0.127 e. The summed E-state index contributed by atoms with van der Waals surface area (Å²) in [5.41, 5.74) is 1.26. The second-order valence-corrected chi connectivity index (χ2v) is 3.67. The maximum absolute atomic E-state index is 5.71. The van der Waals surface area contributed by atoms with Crippen LogP contribution in [0.2, 0.25) is 0 Å². The average Bonchev–Trinajstić information content (AvgIpc) is 2.31. The number of hydrogen-bond acceptors (Lipinski definition) is 1. The van der Waals surface area contributed by atoms with Crippen molar-refractivity contribution in [2.45, 2.75) is 6.16 Å². The molecule has 1 nitrogen and oxygen atoms in total. The Hall–Kier alpha value is -1.33. The average molecular weight is 216 g/mol. The predicted molar refractivity (Wildman–Crippen MR) is 66.4 cm³/mol. The Kier molecular flexibility index (Phi) is 3.37. The van der Waals surface area contributed by atoms with Gasteiger partial charge in [0.2, 0.25) is 0 Å². The molecule has 0 amide bonds. The second kappa shape index (κ2) is 4.95. The zero-order chi connectivity index (χ0) is 10.5. The van der Waals surface area contributed by atoms with Crippen LogP contribution >= 0.6 is 9.24 Å². The van der Waals surface area contributed by atoms with E-state index in [-0.39, 0.29) is 0 Å². The van der Waals surface area contributed by atoms with Crippen LogP contribution in [0, 0.1) is 0 Å². The van der Waals surface area contributed by atoms with Gasteiger partial charge in [-0.3, -0.25) is 0 Å². The maximum atomic E-state index is 5.71. The van der Waals surface area contributed by atoms with Crippen molar-refractivity contribution in [2.75, 3.05) is 0 Å². The Morgan fingerprint density at radius 1 is 0.867 bits per heavy atom. The molecule has 0 fully saturated rings. The highest BCUT2D eigenvalue weighted by atomic mass is 31.0. The van der Waals surface area contributed by atoms with Crippen LogP contribution in [0.5, 0.6) is 11.5 Å². The van der Waals surface area contributed by atoms with E-state index in [0.29, 0.717) is 0 Å². The fourth-order valence-corrected chi connectivity index (χ4v) is 1.61. The van der Waals surface area contributed by atoms with Gasteiger partial charge in [0.25, 0.3) is 0 Å². The van der Waals surface area contributed by atoms with E-state index in [1.165, 1.54) is 5.56 Å². The van der Waals surface area contributed by atoms with Gasteiger partial charge in [0.15, 0.2) is 0 Å². The van der Waals surface area contributed by atoms with Crippen molar-refractivity contribution in [2.24, 2.45) is 0 Å². The topological polar surface area (TPSA) is 9.23 Å². The third-order valence-electron chi connectivity index (χ3n) is 2.11. The van der Waals surface area contributed by atoms with Gasteiger partial charge in [0.05, 0.1) is 0 Å². The van der Waals surface area contributed by atoms with E-state index in [0.717, 1.165) is 17.7 Å². The van der Waals surface area contributed by atoms with E-state index in [1.807, 2.05) is 42.5 Å². The summed E-state index contributed by atoms with van der Waals surface area (Å²) in [6.07, 6.45) is 0.950. The molecule has 2 heteroatoms. The van der Waals surface area contributed by atoms with Crippen LogP contribution in [-0.4, -0.2) is 0 Å². The normalized spacial score (nSPS) is 9.93. The molecule has 1 unspecified atom stereocenters. The van der Waals surface area contributed by atoms with E-state index in [9.17, 15) is 0 Å². The van der Waals surface area contributed by atoms with Gasteiger partial charge in [-0.2, -0.15) is 0 Å². The van der Waals surface area contributed by atoms with Crippen molar-refractivity contribution in [1.82, 2.24) is 0 Å². The lowest BCUT2D eigenvalue weighted by Crippen LogP contribution is -1.84. The van der Waals surface area contributed by atoms with Gasteiger partial charge in [-0.05, 0) is 36.0 Å². The van der Waals surface area contributed by atoms with E-state index in [1.54, 1.807) is 0 Å². The van der Waals surface area contributed by atoms with Crippen molar-refractivity contribution in [3.05, 3.63) is 60.2 Å². The molecule has 0 spiro atoms. The number of benzene rings is 2. The van der Waals surface area contributed by atoms with Crippen LogP contribution < -0.4 is 4.74 Å². The first-order valence-electron chi connectivity index (χ1n) is 4.90. The first kappa shape index (κ1) is 10.2. The van der Waals surface area contributed by atoms with Crippen LogP contribution in [-0.2, 0) is 6.16 Å². The molecular weight excluding hydrogens is 203 g/mol. The summed E-state index contributed by atoms with van der Waals surface area (Å²) in [5.74, 6) is 1.76. The minimum Gasteiger partial charge on any atom is -0.457 e. The molecule has 15 heavy (non-hydrogen) atoms. The van der Waals surface area contributed by atoms with Crippen LogP contribution in [0.1, 0.15) is 5.56 Å². The van der Waals surface area contributed by atoms with Crippen LogP contribution in [0.4, 0.5) is 0 Å². The predicted octanol–water partition coefficient (Wildman–Crippen LogP) is 3.85. The van der Waals surface area contributed by atoms with E-state index in [2.05, 4.69) is 21.4 Å². The Morgan fingerprint density at radius 3 is 2.33 bits per heavy atom. The fraction of sp³-hybridized carbons (Fsp3) is 0.0769. The molecule has 0 aliphatic rings. The number of rotatable bonds is 3. The van der Waals surface area contributed by atoms with Crippen molar-refractivity contribution >= 4 is 9.24 Å². The molecule has 0 saturated carbocycles. The van der Waals surface area contributed by atoms with Crippen molar-refractivity contribution in [3.63, 3.8) is 0 Å². The first-order valence-corrected chi connectivity index (χ1v) is 5.72. The van der Waals surface area contributed by atoms with Gasteiger partial charge in [0.1, 0.15) is 11.5 Å². The summed E-state index contributed by atoms with van der Waals surface area (Å²) in [6, 6.07) is 17.9. The van der Waals surface area contributed by atoms with Gasteiger partial charge in [-0.1, -0.05) is 30.3 Å². The van der Waals surface area contributed by atoms with E-state index >= 15 is 0 Å². The Balaban J connectivity index is 2.17. The molecule has 0 radical (unpaired) electrons. The Bertz CT molecular complexity index is 426. The molecule has 2 aromatic rings. The van der Waals surface area contributed by atoms with Gasteiger partial charge >= 0.3 is 0 Å². The molecule has 0 aromatic heterocycles. The lowest BCUT2D eigenvalue weighted by molar-refractivity contribution is 0.482. The molecule has 0 aliphatic heterocycles. The fourth-order valence-electron chi connectivity index (χ4n) is 1.36. The second-order valence-electron chi connectivity index (χ2n) is 3.27. The SMILES string of the molecule is PCc1cccc(Oc2ccccc2)c1. The third kappa shape index (κ3) is 2.81. The minimum absolute atomic E-state index is 0.874.